The van der Waals surface area contributed by atoms with E-state index in [4.69, 9.17) is 16.6 Å². The van der Waals surface area contributed by atoms with Crippen molar-refractivity contribution in [2.24, 2.45) is 10.7 Å². The predicted octanol–water partition coefficient (Wildman–Crippen LogP) is 0.760. The van der Waals surface area contributed by atoms with Gasteiger partial charge in [-0.3, -0.25) is 10.8 Å². The van der Waals surface area contributed by atoms with Crippen molar-refractivity contribution in [3.63, 3.8) is 0 Å². The molecule has 0 aliphatic heterocycles. The molecule has 0 radical (unpaired) electrons. The van der Waals surface area contributed by atoms with Crippen LogP contribution in [0.15, 0.2) is 35.3 Å². The highest BCUT2D eigenvalue weighted by Gasteiger charge is 1.93. The molecule has 0 bridgehead atoms. The molecule has 0 amide bonds. The Labute approximate surface area is 94.4 Å². The summed E-state index contributed by atoms with van der Waals surface area (Å²) in [6.45, 7) is 1.30. The fourth-order valence-corrected chi connectivity index (χ4v) is 1.08. The molecule has 0 saturated carbocycles. The Morgan fingerprint density at radius 1 is 1.31 bits per heavy atom. The number of nitrogens with two attached hydrogens (primary N) is 1. The van der Waals surface area contributed by atoms with E-state index in [1.165, 1.54) is 11.8 Å². The van der Waals surface area contributed by atoms with Crippen LogP contribution in [-0.2, 0) is 6.54 Å². The number of rotatable bonds is 4. The second-order valence-electron chi connectivity index (χ2n) is 3.19. The lowest BCUT2D eigenvalue weighted by molar-refractivity contribution is 0.782. The lowest BCUT2D eigenvalue weighted by Gasteiger charge is -2.00. The first kappa shape index (κ1) is 12.1. The van der Waals surface area contributed by atoms with E-state index in [-0.39, 0.29) is 11.7 Å². The molecule has 0 spiro atoms. The predicted molar refractivity (Wildman–Crippen MR) is 66.3 cm³/mol. The molecule has 0 aliphatic rings. The second kappa shape index (κ2) is 6.47. The largest absolute Gasteiger partial charge is 0.381 e. The minimum Gasteiger partial charge on any atom is -0.381 e. The summed E-state index contributed by atoms with van der Waals surface area (Å²) in [6.07, 6.45) is 1.53. The number of aliphatic imine (C=N–C) groups is 1. The Balaban J connectivity index is 2.22. The van der Waals surface area contributed by atoms with E-state index in [2.05, 4.69) is 10.3 Å². The first-order chi connectivity index (χ1) is 7.70. The van der Waals surface area contributed by atoms with Crippen LogP contribution >= 0.6 is 0 Å². The Morgan fingerprint density at radius 3 is 2.62 bits per heavy atom. The van der Waals surface area contributed by atoms with Crippen molar-refractivity contribution >= 4 is 17.9 Å². The Morgan fingerprint density at radius 2 is 2.00 bits per heavy atom. The Hall–Kier alpha value is -2.01. The van der Waals surface area contributed by atoms with E-state index in [0.29, 0.717) is 6.54 Å². The third-order valence-electron chi connectivity index (χ3n) is 1.88. The summed E-state index contributed by atoms with van der Waals surface area (Å²) >= 11 is 0. The minimum absolute atomic E-state index is 0.207. The molecule has 0 unspecified atom stereocenters. The van der Waals surface area contributed by atoms with Gasteiger partial charge in [-0.2, -0.15) is 0 Å². The summed E-state index contributed by atoms with van der Waals surface area (Å²) in [5.41, 5.74) is 6.26. The zero-order valence-electron chi connectivity index (χ0n) is 8.90. The number of nitrogens with zero attached hydrogens (tertiary/aromatic N) is 1. The lowest BCUT2D eigenvalue weighted by atomic mass is 10.2. The van der Waals surface area contributed by atoms with Crippen molar-refractivity contribution in [3.05, 3.63) is 35.9 Å². The van der Waals surface area contributed by atoms with Crippen molar-refractivity contribution in [1.82, 2.24) is 5.32 Å². The van der Waals surface area contributed by atoms with Crippen LogP contribution in [0, 0.1) is 10.8 Å². The van der Waals surface area contributed by atoms with Gasteiger partial charge in [0.15, 0.2) is 11.7 Å². The monoisotopic (exact) mass is 217 g/mol. The molecule has 0 atom stereocenters. The summed E-state index contributed by atoms with van der Waals surface area (Å²) in [7, 11) is 0. The van der Waals surface area contributed by atoms with Crippen molar-refractivity contribution in [2.75, 3.05) is 6.54 Å². The molecule has 5 nitrogen and oxygen atoms in total. The van der Waals surface area contributed by atoms with Crippen molar-refractivity contribution in [1.29, 1.82) is 10.8 Å². The molecule has 5 heteroatoms. The number of nitrogens with one attached hydrogen (secondary N) is 3. The number of benzene rings is 1. The first-order valence-corrected chi connectivity index (χ1v) is 4.90. The summed E-state index contributed by atoms with van der Waals surface area (Å²) in [5, 5.41) is 17.2. The minimum atomic E-state index is -0.320. The van der Waals surface area contributed by atoms with Gasteiger partial charge in [0, 0.05) is 19.3 Å². The number of amidine groups is 2. The molecule has 16 heavy (non-hydrogen) atoms. The van der Waals surface area contributed by atoms with Crippen LogP contribution in [0.5, 0.6) is 0 Å². The zero-order valence-corrected chi connectivity index (χ0v) is 8.90. The lowest BCUT2D eigenvalue weighted by Crippen LogP contribution is -2.21. The standard InChI is InChI=1S/C11H15N5/c12-10(13)11(14)16-7-6-15-8-9-4-2-1-3-5-9/h1-5,7,14-15H,6,8H2,(H3,12,13). The average molecular weight is 217 g/mol. The molecule has 1 rings (SSSR count). The van der Waals surface area contributed by atoms with Gasteiger partial charge in [-0.1, -0.05) is 30.3 Å². The Bertz CT molecular complexity index is 383. The van der Waals surface area contributed by atoms with Gasteiger partial charge in [-0.25, -0.2) is 4.99 Å². The van der Waals surface area contributed by atoms with E-state index < -0.39 is 0 Å². The summed E-state index contributed by atoms with van der Waals surface area (Å²) in [6, 6.07) is 10.00. The summed E-state index contributed by atoms with van der Waals surface area (Å²) < 4.78 is 0. The first-order valence-electron chi connectivity index (χ1n) is 4.90. The van der Waals surface area contributed by atoms with Crippen LogP contribution in [0.25, 0.3) is 0 Å². The fraction of sp³-hybridized carbons (Fsp3) is 0.182. The molecule has 84 valence electrons. The van der Waals surface area contributed by atoms with Crippen molar-refractivity contribution < 1.29 is 0 Å². The molecular formula is C11H15N5. The highest BCUT2D eigenvalue weighted by atomic mass is 14.9. The van der Waals surface area contributed by atoms with Gasteiger partial charge in [0.25, 0.3) is 0 Å². The van der Waals surface area contributed by atoms with Crippen LogP contribution in [-0.4, -0.2) is 24.4 Å². The summed E-state index contributed by atoms with van der Waals surface area (Å²) in [5.74, 6) is -0.527. The maximum atomic E-state index is 7.17. The van der Waals surface area contributed by atoms with Gasteiger partial charge in [0.1, 0.15) is 0 Å². The van der Waals surface area contributed by atoms with Crippen LogP contribution in [0.2, 0.25) is 0 Å². The van der Waals surface area contributed by atoms with Crippen molar-refractivity contribution in [3.8, 4) is 0 Å². The van der Waals surface area contributed by atoms with Crippen LogP contribution in [0.1, 0.15) is 5.56 Å². The van der Waals surface area contributed by atoms with E-state index >= 15 is 0 Å². The molecular weight excluding hydrogens is 202 g/mol. The van der Waals surface area contributed by atoms with Crippen LogP contribution in [0.4, 0.5) is 0 Å². The summed E-state index contributed by atoms with van der Waals surface area (Å²) in [4.78, 5) is 3.70. The second-order valence-corrected chi connectivity index (χ2v) is 3.19. The van der Waals surface area contributed by atoms with E-state index in [1.807, 2.05) is 30.3 Å². The number of hydrogen-bond donors (Lipinski definition) is 4. The third-order valence-corrected chi connectivity index (χ3v) is 1.88. The maximum absolute atomic E-state index is 7.17. The van der Waals surface area contributed by atoms with Crippen molar-refractivity contribution in [2.45, 2.75) is 6.54 Å². The average Bonchev–Trinajstić information content (AvgIpc) is 2.29. The maximum Gasteiger partial charge on any atom is 0.186 e. The highest BCUT2D eigenvalue weighted by molar-refractivity contribution is 6.38. The molecule has 1 aromatic rings. The smallest absolute Gasteiger partial charge is 0.186 e. The fourth-order valence-electron chi connectivity index (χ4n) is 1.08. The SMILES string of the molecule is N=C(N)C(=N)N=CCNCc1ccccc1. The van der Waals surface area contributed by atoms with Gasteiger partial charge >= 0.3 is 0 Å². The zero-order chi connectivity index (χ0) is 11.8. The molecule has 5 N–H and O–H groups in total. The molecule has 0 fully saturated rings. The molecule has 0 saturated heterocycles. The van der Waals surface area contributed by atoms with E-state index in [1.54, 1.807) is 0 Å². The van der Waals surface area contributed by atoms with Gasteiger partial charge in [-0.05, 0) is 5.56 Å². The van der Waals surface area contributed by atoms with Gasteiger partial charge in [0.05, 0.1) is 0 Å². The quantitative estimate of drug-likeness (QED) is 0.340. The van der Waals surface area contributed by atoms with Crippen LogP contribution < -0.4 is 11.1 Å². The van der Waals surface area contributed by atoms with Gasteiger partial charge < -0.3 is 11.1 Å². The molecule has 0 heterocycles. The molecule has 0 aliphatic carbocycles. The normalized spacial score (nSPS) is 10.5. The third kappa shape index (κ3) is 4.47. The Kier molecular flexibility index (Phi) is 4.88. The van der Waals surface area contributed by atoms with E-state index in [9.17, 15) is 0 Å². The van der Waals surface area contributed by atoms with E-state index in [0.717, 1.165) is 6.54 Å². The molecule has 0 aromatic heterocycles. The van der Waals surface area contributed by atoms with Crippen LogP contribution in [0.3, 0.4) is 0 Å². The topological polar surface area (TPSA) is 98.1 Å². The molecule has 1 aromatic carbocycles. The van der Waals surface area contributed by atoms with Gasteiger partial charge in [-0.15, -0.1) is 0 Å². The number of hydrogen-bond acceptors (Lipinski definition) is 3. The van der Waals surface area contributed by atoms with Gasteiger partial charge in [0.2, 0.25) is 0 Å². The highest BCUT2D eigenvalue weighted by Crippen LogP contribution is 1.96.